The van der Waals surface area contributed by atoms with Crippen LogP contribution in [0, 0.1) is 0 Å². The van der Waals surface area contributed by atoms with Crippen LogP contribution in [0.3, 0.4) is 0 Å². The van der Waals surface area contributed by atoms with Crippen LogP contribution in [0.2, 0.25) is 5.02 Å². The van der Waals surface area contributed by atoms with E-state index in [9.17, 15) is 4.79 Å². The van der Waals surface area contributed by atoms with Gasteiger partial charge in [0.2, 0.25) is 5.91 Å². The summed E-state index contributed by atoms with van der Waals surface area (Å²) in [7, 11) is 0. The number of carbonyl (C=O) groups excluding carboxylic acids is 1. The molecule has 0 bridgehead atoms. The van der Waals surface area contributed by atoms with Crippen LogP contribution in [0.15, 0.2) is 48.8 Å². The molecule has 1 amide bonds. The highest BCUT2D eigenvalue weighted by molar-refractivity contribution is 6.30. The van der Waals surface area contributed by atoms with E-state index in [-0.39, 0.29) is 29.1 Å². The molecule has 1 aromatic heterocycles. The molecule has 1 saturated heterocycles. The van der Waals surface area contributed by atoms with Gasteiger partial charge in [-0.2, -0.15) is 0 Å². The van der Waals surface area contributed by atoms with Gasteiger partial charge in [-0.15, -0.1) is 0 Å². The normalized spacial score (nSPS) is 20.2. The molecule has 0 aliphatic carbocycles. The smallest absolute Gasteiger partial charge is 0.222 e. The molecule has 1 atom stereocenters. The summed E-state index contributed by atoms with van der Waals surface area (Å²) in [5.41, 5.74) is 1.10. The average Bonchev–Trinajstić information content (AvgIpc) is 3.04. The fourth-order valence-electron chi connectivity index (χ4n) is 4.52. The number of rotatable bonds is 5. The summed E-state index contributed by atoms with van der Waals surface area (Å²) < 4.78 is 2.08. The standard InChI is InChI=1S/C22H30ClN3O/c1-21(2)14-18(15-22(3,4)25-21)24-20(27)13-19(26-11-5-6-12-26)16-7-9-17(23)10-8-16/h5-12,18-19,25H,13-15H2,1-4H3,(H,24,27)/t19-/m1/s1. The van der Waals surface area contributed by atoms with Gasteiger partial charge in [0.1, 0.15) is 0 Å². The number of hydrogen-bond donors (Lipinski definition) is 2. The van der Waals surface area contributed by atoms with Crippen LogP contribution in [0.25, 0.3) is 0 Å². The Bertz CT molecular complexity index is 749. The third-order valence-electron chi connectivity index (χ3n) is 5.18. The minimum absolute atomic E-state index is 0.00963. The van der Waals surface area contributed by atoms with E-state index < -0.39 is 0 Å². The van der Waals surface area contributed by atoms with Crippen LogP contribution in [0.1, 0.15) is 58.6 Å². The maximum Gasteiger partial charge on any atom is 0.222 e. The molecule has 1 aromatic carbocycles. The van der Waals surface area contributed by atoms with E-state index in [1.54, 1.807) is 0 Å². The Kier molecular flexibility index (Phi) is 5.68. The molecule has 146 valence electrons. The van der Waals surface area contributed by atoms with Gasteiger partial charge in [-0.05, 0) is 70.4 Å². The van der Waals surface area contributed by atoms with Crippen LogP contribution in [-0.2, 0) is 4.79 Å². The van der Waals surface area contributed by atoms with Crippen molar-refractivity contribution in [1.29, 1.82) is 0 Å². The molecule has 0 unspecified atom stereocenters. The number of piperidine rings is 1. The Balaban J connectivity index is 1.72. The molecule has 1 fully saturated rings. The van der Waals surface area contributed by atoms with Crippen molar-refractivity contribution in [1.82, 2.24) is 15.2 Å². The summed E-state index contributed by atoms with van der Waals surface area (Å²) >= 11 is 6.04. The SMILES string of the molecule is CC1(C)CC(NC(=O)C[C@H](c2ccc(Cl)cc2)n2cccc2)CC(C)(C)N1. The van der Waals surface area contributed by atoms with Crippen LogP contribution in [-0.4, -0.2) is 27.6 Å². The van der Waals surface area contributed by atoms with E-state index in [1.165, 1.54) is 0 Å². The minimum Gasteiger partial charge on any atom is -0.353 e. The molecule has 1 aliphatic heterocycles. The van der Waals surface area contributed by atoms with Gasteiger partial charge in [-0.1, -0.05) is 23.7 Å². The zero-order valence-electron chi connectivity index (χ0n) is 16.6. The average molecular weight is 388 g/mol. The van der Waals surface area contributed by atoms with Gasteiger partial charge in [0.15, 0.2) is 0 Å². The highest BCUT2D eigenvalue weighted by atomic mass is 35.5. The first-order valence-corrected chi connectivity index (χ1v) is 9.98. The summed E-state index contributed by atoms with van der Waals surface area (Å²) in [6.07, 6.45) is 6.27. The highest BCUT2D eigenvalue weighted by Crippen LogP contribution is 2.29. The van der Waals surface area contributed by atoms with Crippen LogP contribution >= 0.6 is 11.6 Å². The van der Waals surface area contributed by atoms with Crippen LogP contribution in [0.4, 0.5) is 0 Å². The number of carbonyl (C=O) groups is 1. The summed E-state index contributed by atoms with van der Waals surface area (Å²) in [5.74, 6) is 0.0853. The van der Waals surface area contributed by atoms with Gasteiger partial charge in [0, 0.05) is 34.5 Å². The predicted octanol–water partition coefficient (Wildman–Crippen LogP) is 4.55. The first-order valence-electron chi connectivity index (χ1n) is 9.60. The number of amides is 1. The zero-order valence-corrected chi connectivity index (χ0v) is 17.4. The van der Waals surface area contributed by atoms with Gasteiger partial charge >= 0.3 is 0 Å². The van der Waals surface area contributed by atoms with E-state index in [1.807, 2.05) is 48.8 Å². The van der Waals surface area contributed by atoms with Gasteiger partial charge in [0.25, 0.3) is 0 Å². The number of nitrogens with zero attached hydrogens (tertiary/aromatic N) is 1. The Morgan fingerprint density at radius 3 is 2.26 bits per heavy atom. The molecule has 0 radical (unpaired) electrons. The van der Waals surface area contributed by atoms with Crippen molar-refractivity contribution >= 4 is 17.5 Å². The van der Waals surface area contributed by atoms with Gasteiger partial charge in [-0.25, -0.2) is 0 Å². The maximum absolute atomic E-state index is 12.9. The Morgan fingerprint density at radius 1 is 1.15 bits per heavy atom. The van der Waals surface area contributed by atoms with Crippen molar-refractivity contribution in [3.63, 3.8) is 0 Å². The lowest BCUT2D eigenvalue weighted by atomic mass is 9.79. The van der Waals surface area contributed by atoms with Gasteiger partial charge < -0.3 is 15.2 Å². The quantitative estimate of drug-likeness (QED) is 0.790. The molecular weight excluding hydrogens is 358 g/mol. The topological polar surface area (TPSA) is 46.1 Å². The Labute approximate surface area is 167 Å². The van der Waals surface area contributed by atoms with E-state index in [4.69, 9.17) is 11.6 Å². The monoisotopic (exact) mass is 387 g/mol. The Hall–Kier alpha value is -1.78. The molecule has 2 N–H and O–H groups in total. The summed E-state index contributed by atoms with van der Waals surface area (Å²) in [6, 6.07) is 11.9. The summed E-state index contributed by atoms with van der Waals surface area (Å²) in [5, 5.41) is 7.65. The molecular formula is C22H30ClN3O. The molecule has 0 saturated carbocycles. The fraction of sp³-hybridized carbons (Fsp3) is 0.500. The van der Waals surface area contributed by atoms with Crippen LogP contribution < -0.4 is 10.6 Å². The third-order valence-corrected chi connectivity index (χ3v) is 5.43. The highest BCUT2D eigenvalue weighted by Gasteiger charge is 2.38. The Morgan fingerprint density at radius 2 is 1.70 bits per heavy atom. The van der Waals surface area contributed by atoms with Gasteiger partial charge in [-0.3, -0.25) is 4.79 Å². The maximum atomic E-state index is 12.9. The van der Waals surface area contributed by atoms with Crippen LogP contribution in [0.5, 0.6) is 0 Å². The second kappa shape index (κ2) is 7.69. The first kappa shape index (κ1) is 20.0. The molecule has 3 rings (SSSR count). The summed E-state index contributed by atoms with van der Waals surface area (Å²) in [6.45, 7) is 8.79. The van der Waals surface area contributed by atoms with E-state index in [0.717, 1.165) is 18.4 Å². The largest absolute Gasteiger partial charge is 0.353 e. The second-order valence-electron chi connectivity index (χ2n) is 8.97. The van der Waals surface area contributed by atoms with E-state index in [2.05, 4.69) is 42.9 Å². The van der Waals surface area contributed by atoms with Crippen molar-refractivity contribution in [2.45, 2.75) is 70.1 Å². The van der Waals surface area contributed by atoms with Crippen molar-refractivity contribution in [2.24, 2.45) is 0 Å². The second-order valence-corrected chi connectivity index (χ2v) is 9.40. The van der Waals surface area contributed by atoms with E-state index >= 15 is 0 Å². The number of benzene rings is 1. The molecule has 27 heavy (non-hydrogen) atoms. The van der Waals surface area contributed by atoms with E-state index in [0.29, 0.717) is 11.4 Å². The number of halogens is 1. The minimum atomic E-state index is -0.0417. The fourth-order valence-corrected chi connectivity index (χ4v) is 4.65. The molecule has 5 heteroatoms. The number of nitrogens with one attached hydrogen (secondary N) is 2. The molecule has 2 heterocycles. The zero-order chi connectivity index (χ0) is 19.7. The van der Waals surface area contributed by atoms with Crippen molar-refractivity contribution in [3.05, 3.63) is 59.4 Å². The molecule has 2 aromatic rings. The number of hydrogen-bond acceptors (Lipinski definition) is 2. The third kappa shape index (κ3) is 5.36. The molecule has 1 aliphatic rings. The van der Waals surface area contributed by atoms with Crippen molar-refractivity contribution < 1.29 is 4.79 Å². The predicted molar refractivity (Wildman–Crippen MR) is 111 cm³/mol. The number of aromatic nitrogens is 1. The first-order chi connectivity index (χ1) is 12.6. The van der Waals surface area contributed by atoms with Crippen molar-refractivity contribution in [3.8, 4) is 0 Å². The lowest BCUT2D eigenvalue weighted by Gasteiger charge is -2.46. The lowest BCUT2D eigenvalue weighted by molar-refractivity contribution is -0.122. The lowest BCUT2D eigenvalue weighted by Crippen LogP contribution is -2.62. The summed E-state index contributed by atoms with van der Waals surface area (Å²) in [4.78, 5) is 12.9. The molecule has 0 spiro atoms. The van der Waals surface area contributed by atoms with Crippen molar-refractivity contribution in [2.75, 3.05) is 0 Å². The van der Waals surface area contributed by atoms with Gasteiger partial charge in [0.05, 0.1) is 12.5 Å². The molecule has 4 nitrogen and oxygen atoms in total.